The van der Waals surface area contributed by atoms with Crippen molar-refractivity contribution >= 4 is 28.6 Å². The van der Waals surface area contributed by atoms with Gasteiger partial charge in [0.1, 0.15) is 0 Å². The van der Waals surface area contributed by atoms with Crippen LogP contribution in [0, 0.1) is 17.0 Å². The van der Waals surface area contributed by atoms with Crippen LogP contribution in [0.5, 0.6) is 0 Å². The summed E-state index contributed by atoms with van der Waals surface area (Å²) in [6, 6.07) is 7.71. The van der Waals surface area contributed by atoms with Gasteiger partial charge in [-0.25, -0.2) is 15.0 Å². The maximum Gasteiger partial charge on any atom is 0.345 e. The number of hydrogen-bond acceptors (Lipinski definition) is 5. The van der Waals surface area contributed by atoms with Crippen LogP contribution in [0.25, 0.3) is 11.0 Å². The van der Waals surface area contributed by atoms with E-state index < -0.39 is 4.92 Å². The van der Waals surface area contributed by atoms with Gasteiger partial charge in [-0.1, -0.05) is 23.9 Å². The van der Waals surface area contributed by atoms with Crippen molar-refractivity contribution < 1.29 is 4.92 Å². The fraction of sp³-hybridized carbons (Fsp3) is 0.231. The van der Waals surface area contributed by atoms with Crippen LogP contribution >= 0.6 is 11.8 Å². The summed E-state index contributed by atoms with van der Waals surface area (Å²) in [7, 11) is 0. The number of H-pyrrole nitrogens is 2. The Kier molecular flexibility index (Phi) is 3.38. The summed E-state index contributed by atoms with van der Waals surface area (Å²) >= 11 is 1.41. The molecule has 0 aliphatic heterocycles. The molecule has 0 aliphatic carbocycles. The SMILES string of the molecule is Cc1nc(C(C)Sc2nc3ccccc3[nH]2)c([N+](=O)[O-])[nH]1. The van der Waals surface area contributed by atoms with Crippen molar-refractivity contribution in [2.75, 3.05) is 0 Å². The van der Waals surface area contributed by atoms with Gasteiger partial charge in [-0.3, -0.25) is 0 Å². The zero-order chi connectivity index (χ0) is 15.0. The molecule has 21 heavy (non-hydrogen) atoms. The van der Waals surface area contributed by atoms with Crippen LogP contribution in [0.15, 0.2) is 29.4 Å². The second kappa shape index (κ2) is 5.21. The summed E-state index contributed by atoms with van der Waals surface area (Å²) in [6.07, 6.45) is 0. The predicted octanol–water partition coefficient (Wildman–Crippen LogP) is 3.36. The Morgan fingerprint density at radius 1 is 1.29 bits per heavy atom. The maximum atomic E-state index is 11.0. The van der Waals surface area contributed by atoms with Gasteiger partial charge in [0.25, 0.3) is 0 Å². The summed E-state index contributed by atoms with van der Waals surface area (Å²) in [4.78, 5) is 25.2. The Labute approximate surface area is 124 Å². The molecule has 7 nitrogen and oxygen atoms in total. The van der Waals surface area contributed by atoms with Crippen LogP contribution in [0.2, 0.25) is 0 Å². The van der Waals surface area contributed by atoms with Gasteiger partial charge in [-0.2, -0.15) is 0 Å². The first-order chi connectivity index (χ1) is 10.0. The molecule has 0 aliphatic rings. The van der Waals surface area contributed by atoms with E-state index >= 15 is 0 Å². The standard InChI is InChI=1S/C13H13N5O2S/c1-7(11-12(18(19)20)15-8(2)14-11)21-13-16-9-5-3-4-6-10(9)17-13/h3-7H,1-2H3,(H,14,15)(H,16,17). The quantitative estimate of drug-likeness (QED) is 0.437. The summed E-state index contributed by atoms with van der Waals surface area (Å²) in [5, 5.41) is 11.6. The normalized spacial score (nSPS) is 12.7. The number of benzene rings is 1. The van der Waals surface area contributed by atoms with Crippen LogP contribution in [-0.4, -0.2) is 24.9 Å². The number of thioether (sulfide) groups is 1. The number of fused-ring (bicyclic) bond motifs is 1. The molecule has 0 saturated carbocycles. The number of aromatic nitrogens is 4. The van der Waals surface area contributed by atoms with E-state index in [4.69, 9.17) is 0 Å². The van der Waals surface area contributed by atoms with Crippen molar-refractivity contribution in [1.29, 1.82) is 0 Å². The molecule has 0 saturated heterocycles. The van der Waals surface area contributed by atoms with Gasteiger partial charge < -0.3 is 15.1 Å². The van der Waals surface area contributed by atoms with E-state index in [0.717, 1.165) is 16.2 Å². The Morgan fingerprint density at radius 3 is 2.76 bits per heavy atom. The number of imidazole rings is 2. The number of nitrogens with zero attached hydrogens (tertiary/aromatic N) is 3. The van der Waals surface area contributed by atoms with Gasteiger partial charge in [0.05, 0.1) is 16.3 Å². The molecular formula is C13H13N5O2S. The second-order valence-electron chi connectivity index (χ2n) is 4.63. The van der Waals surface area contributed by atoms with Gasteiger partial charge >= 0.3 is 5.82 Å². The smallest absolute Gasteiger partial charge is 0.345 e. The van der Waals surface area contributed by atoms with Crippen LogP contribution in [0.3, 0.4) is 0 Å². The first-order valence-electron chi connectivity index (χ1n) is 6.37. The predicted molar refractivity (Wildman–Crippen MR) is 80.3 cm³/mol. The topological polar surface area (TPSA) is 100 Å². The Hall–Kier alpha value is -2.35. The number of aryl methyl sites for hydroxylation is 1. The molecule has 3 aromatic rings. The molecule has 1 atom stereocenters. The Bertz CT molecular complexity index is 777. The molecule has 108 valence electrons. The van der Waals surface area contributed by atoms with Gasteiger partial charge in [0.15, 0.2) is 16.7 Å². The van der Waals surface area contributed by atoms with Crippen molar-refractivity contribution in [3.05, 3.63) is 45.9 Å². The average Bonchev–Trinajstić information content (AvgIpc) is 3.01. The molecule has 1 unspecified atom stereocenters. The third-order valence-electron chi connectivity index (χ3n) is 3.05. The highest BCUT2D eigenvalue weighted by atomic mass is 32.2. The molecule has 3 rings (SSSR count). The van der Waals surface area contributed by atoms with E-state index in [1.807, 2.05) is 31.2 Å². The minimum Gasteiger partial charge on any atom is -0.358 e. The number of aromatic amines is 2. The van der Waals surface area contributed by atoms with Gasteiger partial charge in [0, 0.05) is 6.92 Å². The minimum atomic E-state index is -0.439. The fourth-order valence-electron chi connectivity index (χ4n) is 2.13. The summed E-state index contributed by atoms with van der Waals surface area (Å²) in [6.45, 7) is 3.58. The molecule has 1 aromatic carbocycles. The molecule has 0 bridgehead atoms. The zero-order valence-corrected chi connectivity index (χ0v) is 12.3. The lowest BCUT2D eigenvalue weighted by Gasteiger charge is -2.05. The van der Waals surface area contributed by atoms with E-state index in [1.165, 1.54) is 11.8 Å². The van der Waals surface area contributed by atoms with E-state index in [9.17, 15) is 10.1 Å². The van der Waals surface area contributed by atoms with E-state index in [1.54, 1.807) is 6.92 Å². The lowest BCUT2D eigenvalue weighted by atomic mass is 10.3. The summed E-state index contributed by atoms with van der Waals surface area (Å²) in [5.74, 6) is 0.484. The van der Waals surface area contributed by atoms with Crippen molar-refractivity contribution in [3.8, 4) is 0 Å². The van der Waals surface area contributed by atoms with E-state index in [2.05, 4.69) is 19.9 Å². The number of nitro groups is 1. The molecule has 2 N–H and O–H groups in total. The van der Waals surface area contributed by atoms with Crippen LogP contribution < -0.4 is 0 Å². The zero-order valence-electron chi connectivity index (χ0n) is 11.5. The van der Waals surface area contributed by atoms with E-state index in [0.29, 0.717) is 11.5 Å². The van der Waals surface area contributed by atoms with Crippen LogP contribution in [0.4, 0.5) is 5.82 Å². The van der Waals surface area contributed by atoms with Crippen molar-refractivity contribution in [2.24, 2.45) is 0 Å². The van der Waals surface area contributed by atoms with E-state index in [-0.39, 0.29) is 11.1 Å². The third kappa shape index (κ3) is 2.62. The molecule has 2 heterocycles. The first-order valence-corrected chi connectivity index (χ1v) is 7.25. The molecule has 2 aromatic heterocycles. The third-order valence-corrected chi connectivity index (χ3v) is 4.05. The highest BCUT2D eigenvalue weighted by Gasteiger charge is 2.24. The Balaban J connectivity index is 1.89. The highest BCUT2D eigenvalue weighted by molar-refractivity contribution is 7.99. The monoisotopic (exact) mass is 303 g/mol. The Morgan fingerprint density at radius 2 is 2.05 bits per heavy atom. The highest BCUT2D eigenvalue weighted by Crippen LogP contribution is 2.36. The van der Waals surface area contributed by atoms with Gasteiger partial charge in [-0.05, 0) is 24.0 Å². The molecular weight excluding hydrogens is 290 g/mol. The van der Waals surface area contributed by atoms with Gasteiger partial charge in [0.2, 0.25) is 0 Å². The number of para-hydroxylation sites is 2. The van der Waals surface area contributed by atoms with Crippen molar-refractivity contribution in [2.45, 2.75) is 24.3 Å². The molecule has 0 amide bonds. The molecule has 0 radical (unpaired) electrons. The number of hydrogen-bond donors (Lipinski definition) is 2. The van der Waals surface area contributed by atoms with Crippen LogP contribution in [-0.2, 0) is 0 Å². The maximum absolute atomic E-state index is 11.0. The van der Waals surface area contributed by atoms with Crippen molar-refractivity contribution in [1.82, 2.24) is 19.9 Å². The van der Waals surface area contributed by atoms with Crippen LogP contribution in [0.1, 0.15) is 23.7 Å². The molecule has 0 spiro atoms. The lowest BCUT2D eigenvalue weighted by molar-refractivity contribution is -0.390. The molecule has 8 heteroatoms. The lowest BCUT2D eigenvalue weighted by Crippen LogP contribution is -1.97. The fourth-order valence-corrected chi connectivity index (χ4v) is 3.06. The number of rotatable bonds is 4. The summed E-state index contributed by atoms with van der Waals surface area (Å²) < 4.78 is 0. The average molecular weight is 303 g/mol. The second-order valence-corrected chi connectivity index (χ2v) is 5.96. The first kappa shape index (κ1) is 13.6. The minimum absolute atomic E-state index is 0.0522. The van der Waals surface area contributed by atoms with Gasteiger partial charge in [-0.15, -0.1) is 0 Å². The largest absolute Gasteiger partial charge is 0.358 e. The molecule has 0 fully saturated rings. The summed E-state index contributed by atoms with van der Waals surface area (Å²) in [5.41, 5.74) is 2.25. The number of nitrogens with one attached hydrogen (secondary N) is 2. The van der Waals surface area contributed by atoms with Crippen molar-refractivity contribution in [3.63, 3.8) is 0 Å².